The topological polar surface area (TPSA) is 102 Å². The van der Waals surface area contributed by atoms with Gasteiger partial charge < -0.3 is 10.1 Å². The number of ether oxygens (including phenoxy) is 1. The Kier molecular flexibility index (Phi) is 9.87. The van der Waals surface area contributed by atoms with Gasteiger partial charge in [0.2, 0.25) is 10.0 Å². The number of para-hydroxylation sites is 1. The molecule has 3 aromatic carbocycles. The van der Waals surface area contributed by atoms with Gasteiger partial charge in [-0.1, -0.05) is 68.4 Å². The Bertz CT molecular complexity index is 1390. The molecule has 0 aromatic heterocycles. The number of rotatable bonds is 11. The van der Waals surface area contributed by atoms with E-state index in [-0.39, 0.29) is 12.3 Å². The fraction of sp³-hybridized carbons (Fsp3) is 0.286. The summed E-state index contributed by atoms with van der Waals surface area (Å²) in [6.07, 6.45) is -4.18. The number of amides is 1. The van der Waals surface area contributed by atoms with E-state index in [1.165, 1.54) is 0 Å². The minimum absolute atomic E-state index is 0.00144. The van der Waals surface area contributed by atoms with E-state index in [1.54, 1.807) is 26.0 Å². The molecule has 3 rings (SSSR count). The molecule has 0 aliphatic rings. The number of nitrogens with one attached hydrogen (secondary N) is 2. The standard InChI is InChI=1S/C28H29F3N2O5S/c1-19(2)15-25(33-39(36,37)23-13-8-12-22(17-23)28(29,30)31)27(35)38-18-26(34)32-24-14-7-6-11-21(24)16-20-9-4-3-5-10-20/h3-14,17,19,25,33H,15-16,18H2,1-2H3,(H,32,34)/t25-/m0/s1. The summed E-state index contributed by atoms with van der Waals surface area (Å²) >= 11 is 0. The van der Waals surface area contributed by atoms with Gasteiger partial charge in [0, 0.05) is 5.69 Å². The predicted octanol–water partition coefficient (Wildman–Crippen LogP) is 5.17. The third-order valence-corrected chi connectivity index (χ3v) is 7.10. The van der Waals surface area contributed by atoms with Gasteiger partial charge in [0.1, 0.15) is 6.04 Å². The van der Waals surface area contributed by atoms with Crippen LogP contribution < -0.4 is 10.0 Å². The van der Waals surface area contributed by atoms with Crippen molar-refractivity contribution in [3.05, 3.63) is 95.6 Å². The van der Waals surface area contributed by atoms with E-state index in [0.717, 1.165) is 29.3 Å². The quantitative estimate of drug-likeness (QED) is 0.314. The molecule has 2 N–H and O–H groups in total. The molecule has 0 spiro atoms. The molecule has 0 aliphatic carbocycles. The van der Waals surface area contributed by atoms with Gasteiger partial charge in [0.15, 0.2) is 6.61 Å². The average molecular weight is 563 g/mol. The summed E-state index contributed by atoms with van der Waals surface area (Å²) in [6.45, 7) is 2.78. The van der Waals surface area contributed by atoms with Gasteiger partial charge in [-0.15, -0.1) is 0 Å². The van der Waals surface area contributed by atoms with Crippen LogP contribution in [0.1, 0.15) is 37.0 Å². The highest BCUT2D eigenvalue weighted by Crippen LogP contribution is 2.30. The van der Waals surface area contributed by atoms with Crippen molar-refractivity contribution in [1.82, 2.24) is 4.72 Å². The Morgan fingerprint density at radius 1 is 0.923 bits per heavy atom. The molecule has 1 amide bonds. The van der Waals surface area contributed by atoms with Crippen LogP contribution in [0.25, 0.3) is 0 Å². The second-order valence-electron chi connectivity index (χ2n) is 9.30. The number of hydrogen-bond acceptors (Lipinski definition) is 5. The predicted molar refractivity (Wildman–Crippen MR) is 140 cm³/mol. The Balaban J connectivity index is 1.67. The number of carbonyl (C=O) groups excluding carboxylic acids is 2. The minimum atomic E-state index is -4.74. The first-order valence-corrected chi connectivity index (χ1v) is 13.6. The zero-order valence-corrected chi connectivity index (χ0v) is 22.2. The van der Waals surface area contributed by atoms with Gasteiger partial charge in [-0.25, -0.2) is 8.42 Å². The van der Waals surface area contributed by atoms with Crippen LogP contribution in [0.3, 0.4) is 0 Å². The number of carbonyl (C=O) groups is 2. The maximum absolute atomic E-state index is 13.1. The Labute approximate surface area is 225 Å². The molecule has 0 unspecified atom stereocenters. The molecule has 3 aromatic rings. The van der Waals surface area contributed by atoms with Crippen molar-refractivity contribution in [2.45, 2.75) is 43.8 Å². The average Bonchev–Trinajstić information content (AvgIpc) is 2.88. The summed E-state index contributed by atoms with van der Waals surface area (Å²) in [5.41, 5.74) is 1.27. The van der Waals surface area contributed by atoms with Crippen molar-refractivity contribution in [3.8, 4) is 0 Å². The van der Waals surface area contributed by atoms with Crippen molar-refractivity contribution >= 4 is 27.6 Å². The molecule has 1 atom stereocenters. The largest absolute Gasteiger partial charge is 0.454 e. The number of benzene rings is 3. The fourth-order valence-corrected chi connectivity index (χ4v) is 5.04. The highest BCUT2D eigenvalue weighted by molar-refractivity contribution is 7.89. The molecule has 0 fully saturated rings. The molecule has 0 radical (unpaired) electrons. The maximum Gasteiger partial charge on any atom is 0.416 e. The molecule has 0 saturated carbocycles. The van der Waals surface area contributed by atoms with Crippen molar-refractivity contribution in [2.75, 3.05) is 11.9 Å². The maximum atomic E-state index is 13.1. The summed E-state index contributed by atoms with van der Waals surface area (Å²) in [4.78, 5) is 24.7. The third-order valence-electron chi connectivity index (χ3n) is 5.64. The van der Waals surface area contributed by atoms with E-state index in [9.17, 15) is 31.2 Å². The SMILES string of the molecule is CC(C)C[C@H](NS(=O)(=O)c1cccc(C(F)(F)F)c1)C(=O)OCC(=O)Nc1ccccc1Cc1ccccc1. The van der Waals surface area contributed by atoms with Crippen LogP contribution in [-0.4, -0.2) is 32.9 Å². The van der Waals surface area contributed by atoms with Crippen molar-refractivity contribution in [3.63, 3.8) is 0 Å². The third kappa shape index (κ3) is 8.93. The molecule has 0 saturated heterocycles. The van der Waals surface area contributed by atoms with Crippen LogP contribution in [0.5, 0.6) is 0 Å². The van der Waals surface area contributed by atoms with E-state index in [4.69, 9.17) is 4.74 Å². The zero-order valence-electron chi connectivity index (χ0n) is 21.4. The highest BCUT2D eigenvalue weighted by Gasteiger charge is 2.33. The van der Waals surface area contributed by atoms with Crippen LogP contribution in [0, 0.1) is 5.92 Å². The first-order valence-electron chi connectivity index (χ1n) is 12.1. The number of sulfonamides is 1. The molecular formula is C28H29F3N2O5S. The lowest BCUT2D eigenvalue weighted by molar-refractivity contribution is -0.149. The van der Waals surface area contributed by atoms with Crippen LogP contribution >= 0.6 is 0 Å². The van der Waals surface area contributed by atoms with E-state index in [1.807, 2.05) is 42.5 Å². The molecule has 39 heavy (non-hydrogen) atoms. The van der Waals surface area contributed by atoms with Gasteiger partial charge in [0.25, 0.3) is 5.91 Å². The van der Waals surface area contributed by atoms with Crippen LogP contribution in [-0.2, 0) is 36.9 Å². The van der Waals surface area contributed by atoms with Crippen LogP contribution in [0.4, 0.5) is 18.9 Å². The molecule has 0 bridgehead atoms. The lowest BCUT2D eigenvalue weighted by Crippen LogP contribution is -2.43. The molecule has 0 aliphatic heterocycles. The number of halogens is 3. The number of anilines is 1. The summed E-state index contributed by atoms with van der Waals surface area (Å²) in [5.74, 6) is -1.83. The second kappa shape index (κ2) is 12.9. The Morgan fingerprint density at radius 2 is 1.59 bits per heavy atom. The smallest absolute Gasteiger partial charge is 0.416 e. The first kappa shape index (κ1) is 29.9. The van der Waals surface area contributed by atoms with Crippen LogP contribution in [0.15, 0.2) is 83.8 Å². The summed E-state index contributed by atoms with van der Waals surface area (Å²) in [7, 11) is -4.51. The number of alkyl halides is 3. The summed E-state index contributed by atoms with van der Waals surface area (Å²) in [5, 5.41) is 2.70. The summed E-state index contributed by atoms with van der Waals surface area (Å²) < 4.78 is 72.0. The molecule has 0 heterocycles. The van der Waals surface area contributed by atoms with Gasteiger partial charge in [-0.3, -0.25) is 9.59 Å². The van der Waals surface area contributed by atoms with E-state index >= 15 is 0 Å². The summed E-state index contributed by atoms with van der Waals surface area (Å²) in [6, 6.07) is 18.6. The lowest BCUT2D eigenvalue weighted by Gasteiger charge is -2.20. The molecule has 11 heteroatoms. The normalized spacial score (nSPS) is 12.7. The minimum Gasteiger partial charge on any atom is -0.454 e. The first-order chi connectivity index (χ1) is 18.3. The van der Waals surface area contributed by atoms with E-state index in [0.29, 0.717) is 18.2 Å². The van der Waals surface area contributed by atoms with Gasteiger partial charge in [0.05, 0.1) is 10.5 Å². The van der Waals surface area contributed by atoms with Gasteiger partial charge in [-0.2, -0.15) is 17.9 Å². The van der Waals surface area contributed by atoms with Crippen molar-refractivity contribution in [1.29, 1.82) is 0 Å². The molecule has 7 nitrogen and oxygen atoms in total. The van der Waals surface area contributed by atoms with E-state index < -0.39 is 51.2 Å². The highest BCUT2D eigenvalue weighted by atomic mass is 32.2. The molecular weight excluding hydrogens is 533 g/mol. The lowest BCUT2D eigenvalue weighted by atomic mass is 10.0. The second-order valence-corrected chi connectivity index (χ2v) is 11.0. The van der Waals surface area contributed by atoms with E-state index in [2.05, 4.69) is 10.0 Å². The fourth-order valence-electron chi connectivity index (χ4n) is 3.79. The van der Waals surface area contributed by atoms with Crippen LogP contribution in [0.2, 0.25) is 0 Å². The molecule has 208 valence electrons. The number of esters is 1. The monoisotopic (exact) mass is 562 g/mol. The van der Waals surface area contributed by atoms with Gasteiger partial charge in [-0.05, 0) is 54.2 Å². The van der Waals surface area contributed by atoms with Crippen molar-refractivity contribution < 1.29 is 35.9 Å². The van der Waals surface area contributed by atoms with Crippen molar-refractivity contribution in [2.24, 2.45) is 5.92 Å². The Morgan fingerprint density at radius 3 is 2.26 bits per heavy atom. The number of hydrogen-bond donors (Lipinski definition) is 2. The Hall–Kier alpha value is -3.70. The van der Waals surface area contributed by atoms with Gasteiger partial charge >= 0.3 is 12.1 Å². The zero-order chi connectivity index (χ0) is 28.6.